The van der Waals surface area contributed by atoms with E-state index in [9.17, 15) is 19.3 Å². The molecule has 15 heteroatoms. The first-order chi connectivity index (χ1) is 17.2. The lowest BCUT2D eigenvalue weighted by Crippen LogP contribution is -2.43. The van der Waals surface area contributed by atoms with Gasteiger partial charge < -0.3 is 24.8 Å². The zero-order valence-corrected chi connectivity index (χ0v) is 22.2. The minimum absolute atomic E-state index is 0.125. The molecule has 0 unspecified atom stereocenters. The molecule has 0 aliphatic carbocycles. The number of rotatable bonds is 10. The summed E-state index contributed by atoms with van der Waals surface area (Å²) < 4.78 is 51.6. The average molecular weight is 563 g/mol. The van der Waals surface area contributed by atoms with Gasteiger partial charge in [-0.25, -0.2) is 13.8 Å². The molecule has 0 spiro atoms. The molecular weight excluding hydrogens is 534 g/mol. The third kappa shape index (κ3) is 6.86. The Morgan fingerprint density at radius 2 is 2.03 bits per heavy atom. The first-order valence-corrected chi connectivity index (χ1v) is 13.2. The second-order valence-corrected chi connectivity index (χ2v) is 10.9. The van der Waals surface area contributed by atoms with Gasteiger partial charge in [0, 0.05) is 6.20 Å². The number of hydrogen-bond donors (Lipinski definition) is 3. The van der Waals surface area contributed by atoms with E-state index in [1.807, 2.05) is 0 Å². The van der Waals surface area contributed by atoms with Gasteiger partial charge in [0.25, 0.3) is 0 Å². The highest BCUT2D eigenvalue weighted by Gasteiger charge is 2.56. The minimum atomic E-state index is -4.31. The summed E-state index contributed by atoms with van der Waals surface area (Å²) in [4.78, 5) is 28.1. The van der Waals surface area contributed by atoms with Gasteiger partial charge in [0.15, 0.2) is 11.9 Å². The zero-order chi connectivity index (χ0) is 27.5. The molecule has 1 aromatic carbocycles. The fourth-order valence-electron chi connectivity index (χ4n) is 3.48. The number of benzene rings is 1. The molecule has 3 rings (SSSR count). The van der Waals surface area contributed by atoms with Crippen LogP contribution in [-0.4, -0.2) is 57.3 Å². The Kier molecular flexibility index (Phi) is 8.99. The predicted octanol–water partition coefficient (Wildman–Crippen LogP) is 2.60. The number of anilines is 1. The lowest BCUT2D eigenvalue weighted by Gasteiger charge is -2.25. The van der Waals surface area contributed by atoms with Crippen LogP contribution in [-0.2, 0) is 23.4 Å². The van der Waals surface area contributed by atoms with Crippen LogP contribution in [0.1, 0.15) is 33.9 Å². The Balaban J connectivity index is 1.81. The highest BCUT2D eigenvalue weighted by atomic mass is 35.5. The van der Waals surface area contributed by atoms with Gasteiger partial charge in [-0.05, 0) is 39.8 Å². The summed E-state index contributed by atoms with van der Waals surface area (Å²) in [5.74, 6) is -0.814. The maximum Gasteiger partial charge on any atom is 0.459 e. The smallest absolute Gasteiger partial charge is 0.459 e. The fourth-order valence-corrected chi connectivity index (χ4v) is 5.13. The monoisotopic (exact) mass is 562 g/mol. The summed E-state index contributed by atoms with van der Waals surface area (Å²) in [7, 11) is -4.31. The van der Waals surface area contributed by atoms with Crippen LogP contribution in [0.3, 0.4) is 0 Å². The van der Waals surface area contributed by atoms with Crippen molar-refractivity contribution in [2.24, 2.45) is 0 Å². The molecule has 204 valence electrons. The summed E-state index contributed by atoms with van der Waals surface area (Å²) in [5.41, 5.74) is 2.05. The molecule has 2 heterocycles. The van der Waals surface area contributed by atoms with Crippen molar-refractivity contribution in [3.63, 3.8) is 0 Å². The number of alkyl halides is 1. The van der Waals surface area contributed by atoms with Crippen molar-refractivity contribution in [1.29, 1.82) is 0 Å². The number of aliphatic hydroxyl groups excluding tert-OH is 1. The van der Waals surface area contributed by atoms with Crippen LogP contribution in [0.5, 0.6) is 5.75 Å². The molecule has 1 aliphatic rings. The van der Waals surface area contributed by atoms with E-state index < -0.39 is 62.3 Å². The number of nitrogen functional groups attached to an aromatic ring is 1. The quantitative estimate of drug-likeness (QED) is 0.288. The van der Waals surface area contributed by atoms with Crippen molar-refractivity contribution in [1.82, 2.24) is 14.6 Å². The van der Waals surface area contributed by atoms with Gasteiger partial charge in [-0.3, -0.25) is 13.9 Å². The molecule has 1 aromatic heterocycles. The average Bonchev–Trinajstić information content (AvgIpc) is 3.03. The van der Waals surface area contributed by atoms with E-state index in [1.54, 1.807) is 32.0 Å². The maximum absolute atomic E-state index is 15.6. The van der Waals surface area contributed by atoms with E-state index in [1.165, 1.54) is 19.1 Å². The molecule has 2 aromatic rings. The Labute approximate surface area is 217 Å². The number of nitrogens with two attached hydrogens (primary N) is 1. The van der Waals surface area contributed by atoms with Gasteiger partial charge in [0.1, 0.15) is 29.8 Å². The topological polar surface area (TPSA) is 164 Å². The van der Waals surface area contributed by atoms with Gasteiger partial charge in [-0.15, -0.1) is 0 Å². The number of halogens is 2. The SMILES string of the molecule is CC(C)OC(=O)[C@@H](C)N[P@](=O)(OC[C@H]1O[C@@H](n2cc(Cl)c(N)nc2=O)[C@](C)(F)[C@@H]1O)Oc1ccccc1. The second kappa shape index (κ2) is 11.5. The Morgan fingerprint density at radius 1 is 1.38 bits per heavy atom. The van der Waals surface area contributed by atoms with Crippen molar-refractivity contribution in [3.8, 4) is 5.75 Å². The predicted molar refractivity (Wildman–Crippen MR) is 132 cm³/mol. The van der Waals surface area contributed by atoms with E-state index in [0.29, 0.717) is 0 Å². The Hall–Kier alpha value is -2.54. The van der Waals surface area contributed by atoms with Gasteiger partial charge in [-0.2, -0.15) is 10.1 Å². The van der Waals surface area contributed by atoms with Crippen molar-refractivity contribution in [2.75, 3.05) is 12.3 Å². The van der Waals surface area contributed by atoms with Crippen LogP contribution in [0.15, 0.2) is 41.3 Å². The van der Waals surface area contributed by atoms with Crippen molar-refractivity contribution in [3.05, 3.63) is 52.0 Å². The summed E-state index contributed by atoms with van der Waals surface area (Å²) >= 11 is 5.92. The molecule has 0 amide bonds. The van der Waals surface area contributed by atoms with Crippen molar-refractivity contribution < 1.29 is 37.4 Å². The highest BCUT2D eigenvalue weighted by Crippen LogP contribution is 2.47. The van der Waals surface area contributed by atoms with Crippen LogP contribution in [0.4, 0.5) is 10.2 Å². The number of hydrogen-bond acceptors (Lipinski definition) is 10. The number of para-hydroxylation sites is 1. The molecule has 1 fully saturated rings. The zero-order valence-electron chi connectivity index (χ0n) is 20.5. The molecule has 0 saturated carbocycles. The van der Waals surface area contributed by atoms with E-state index in [2.05, 4.69) is 10.1 Å². The van der Waals surface area contributed by atoms with Crippen LogP contribution >= 0.6 is 19.3 Å². The number of nitrogens with zero attached hydrogens (tertiary/aromatic N) is 2. The van der Waals surface area contributed by atoms with Gasteiger partial charge in [0.05, 0.1) is 17.7 Å². The molecule has 1 aliphatic heterocycles. The standard InChI is InChI=1S/C22H29ClFN4O8P/c1-12(2)34-19(30)13(3)27-37(32,36-14-8-6-5-7-9-14)33-11-16-17(29)22(4,24)20(35-16)28-10-15(23)18(25)26-21(28)31/h5-10,12-13,16-17,20,29H,11H2,1-4H3,(H,27,32)(H2,25,26,31)/t13-,16-,17-,20-,22-,37+/m1/s1. The molecule has 6 atom stereocenters. The Morgan fingerprint density at radius 3 is 2.65 bits per heavy atom. The number of esters is 1. The third-order valence-corrected chi connectivity index (χ3v) is 7.27. The fraction of sp³-hybridized carbons (Fsp3) is 0.500. The van der Waals surface area contributed by atoms with Crippen LogP contribution in [0.25, 0.3) is 0 Å². The van der Waals surface area contributed by atoms with E-state index >= 15 is 4.39 Å². The molecule has 4 N–H and O–H groups in total. The lowest BCUT2D eigenvalue weighted by atomic mass is 9.98. The summed E-state index contributed by atoms with van der Waals surface area (Å²) in [6, 6.07) is 6.86. The van der Waals surface area contributed by atoms with E-state index in [0.717, 1.165) is 17.7 Å². The molecule has 0 bridgehead atoms. The number of ether oxygens (including phenoxy) is 2. The summed E-state index contributed by atoms with van der Waals surface area (Å²) in [6.07, 6.45) is -4.27. The third-order valence-electron chi connectivity index (χ3n) is 5.34. The van der Waals surface area contributed by atoms with E-state index in [4.69, 9.17) is 35.9 Å². The maximum atomic E-state index is 15.6. The molecule has 37 heavy (non-hydrogen) atoms. The summed E-state index contributed by atoms with van der Waals surface area (Å²) in [6.45, 7) is 5.07. The second-order valence-electron chi connectivity index (χ2n) is 8.82. The number of carbonyl (C=O) groups excluding carboxylic acids is 1. The summed E-state index contributed by atoms with van der Waals surface area (Å²) in [5, 5.41) is 13.0. The number of carbonyl (C=O) groups is 1. The first-order valence-electron chi connectivity index (χ1n) is 11.3. The molecule has 12 nitrogen and oxygen atoms in total. The van der Waals surface area contributed by atoms with Gasteiger partial charge >= 0.3 is 19.4 Å². The van der Waals surface area contributed by atoms with E-state index in [-0.39, 0.29) is 16.6 Å². The van der Waals surface area contributed by atoms with Crippen LogP contribution in [0, 0.1) is 0 Å². The molecule has 1 saturated heterocycles. The number of aliphatic hydroxyl groups is 1. The minimum Gasteiger partial charge on any atom is -0.462 e. The van der Waals surface area contributed by atoms with Gasteiger partial charge in [0.2, 0.25) is 0 Å². The number of aromatic nitrogens is 2. The van der Waals surface area contributed by atoms with Crippen molar-refractivity contribution in [2.45, 2.75) is 63.9 Å². The lowest BCUT2D eigenvalue weighted by molar-refractivity contribution is -0.149. The van der Waals surface area contributed by atoms with Crippen LogP contribution in [0.2, 0.25) is 5.02 Å². The van der Waals surface area contributed by atoms with Crippen LogP contribution < -0.4 is 21.0 Å². The van der Waals surface area contributed by atoms with Gasteiger partial charge in [-0.1, -0.05) is 29.8 Å². The molecule has 0 radical (unpaired) electrons. The first kappa shape index (κ1) is 29.0. The Bertz CT molecular complexity index is 1210. The van der Waals surface area contributed by atoms with Crippen molar-refractivity contribution >= 4 is 31.1 Å². The largest absolute Gasteiger partial charge is 0.462 e. The molecular formula is C22H29ClFN4O8P. The normalized spacial score (nSPS) is 26.0. The number of nitrogens with one attached hydrogen (secondary N) is 1. The highest BCUT2D eigenvalue weighted by molar-refractivity contribution is 7.52.